The van der Waals surface area contributed by atoms with Crippen LogP contribution in [0, 0.1) is 0 Å². The third kappa shape index (κ3) is 4.78. The highest BCUT2D eigenvalue weighted by Crippen LogP contribution is 2.09. The Kier molecular flexibility index (Phi) is 5.61. The zero-order valence-corrected chi connectivity index (χ0v) is 12.8. The largest absolute Gasteiger partial charge is 0.469 e. The fraction of sp³-hybridized carbons (Fsp3) is 0.389. The number of furan rings is 1. The van der Waals surface area contributed by atoms with Gasteiger partial charge in [-0.1, -0.05) is 31.2 Å². The average molecular weight is 285 g/mol. The Bertz CT molecular complexity index is 543. The summed E-state index contributed by atoms with van der Waals surface area (Å²) in [4.78, 5) is 13.9. The highest BCUT2D eigenvalue weighted by atomic mass is 16.3. The van der Waals surface area contributed by atoms with Gasteiger partial charge in [-0.05, 0) is 36.1 Å². The number of likely N-dealkylation sites (N-methyl/N-ethyl adjacent to an activating group) is 1. The Morgan fingerprint density at radius 3 is 2.43 bits per heavy atom. The summed E-state index contributed by atoms with van der Waals surface area (Å²) < 4.78 is 5.28. The number of rotatable bonds is 7. The van der Waals surface area contributed by atoms with Crippen molar-refractivity contribution < 1.29 is 9.21 Å². The molecule has 0 radical (unpaired) electrons. The first-order valence-electron chi connectivity index (χ1n) is 7.53. The summed E-state index contributed by atoms with van der Waals surface area (Å²) in [6.07, 6.45) is 4.83. The molecule has 3 heteroatoms. The molecule has 0 fully saturated rings. The third-order valence-electron chi connectivity index (χ3n) is 3.76. The molecule has 2 rings (SSSR count). The van der Waals surface area contributed by atoms with Gasteiger partial charge in [0.25, 0.3) is 0 Å². The molecule has 112 valence electrons. The number of hydrogen-bond donors (Lipinski definition) is 0. The van der Waals surface area contributed by atoms with Crippen LogP contribution in [0.25, 0.3) is 0 Å². The van der Waals surface area contributed by atoms with Crippen molar-refractivity contribution in [1.29, 1.82) is 0 Å². The Labute approximate surface area is 126 Å². The molecule has 0 unspecified atom stereocenters. The highest BCUT2D eigenvalue weighted by molar-refractivity contribution is 5.76. The van der Waals surface area contributed by atoms with Crippen LogP contribution in [-0.2, 0) is 24.1 Å². The standard InChI is InChI=1S/C18H23NO2/c1-3-15-6-8-16(9-7-15)10-11-18(20)19(2)13-12-17-5-4-14-21-17/h4-9,14H,3,10-13H2,1-2H3. The van der Waals surface area contributed by atoms with E-state index in [-0.39, 0.29) is 5.91 Å². The van der Waals surface area contributed by atoms with Gasteiger partial charge in [0, 0.05) is 26.4 Å². The second-order valence-electron chi connectivity index (χ2n) is 5.31. The van der Waals surface area contributed by atoms with Gasteiger partial charge < -0.3 is 9.32 Å². The molecule has 0 aliphatic carbocycles. The van der Waals surface area contributed by atoms with Crippen LogP contribution in [0.15, 0.2) is 47.1 Å². The molecule has 1 aromatic heterocycles. The highest BCUT2D eigenvalue weighted by Gasteiger charge is 2.09. The summed E-state index contributed by atoms with van der Waals surface area (Å²) in [7, 11) is 1.85. The van der Waals surface area contributed by atoms with E-state index >= 15 is 0 Å². The first-order chi connectivity index (χ1) is 10.2. The van der Waals surface area contributed by atoms with Gasteiger partial charge in [0.1, 0.15) is 5.76 Å². The zero-order chi connectivity index (χ0) is 15.1. The van der Waals surface area contributed by atoms with Crippen LogP contribution in [0.4, 0.5) is 0 Å². The number of amides is 1. The fourth-order valence-corrected chi connectivity index (χ4v) is 2.24. The van der Waals surface area contributed by atoms with E-state index in [1.54, 1.807) is 11.2 Å². The van der Waals surface area contributed by atoms with E-state index in [1.165, 1.54) is 11.1 Å². The fourth-order valence-electron chi connectivity index (χ4n) is 2.24. The number of aryl methyl sites for hydroxylation is 2. The van der Waals surface area contributed by atoms with Crippen molar-refractivity contribution in [1.82, 2.24) is 4.90 Å². The second kappa shape index (κ2) is 7.67. The smallest absolute Gasteiger partial charge is 0.222 e. The van der Waals surface area contributed by atoms with Gasteiger partial charge in [-0.25, -0.2) is 0 Å². The molecule has 0 saturated carbocycles. The lowest BCUT2D eigenvalue weighted by Crippen LogP contribution is -2.28. The Balaban J connectivity index is 1.74. The summed E-state index contributed by atoms with van der Waals surface area (Å²) in [5, 5.41) is 0. The lowest BCUT2D eigenvalue weighted by atomic mass is 10.1. The molecule has 0 saturated heterocycles. The molecule has 3 nitrogen and oxygen atoms in total. The van der Waals surface area contributed by atoms with Crippen LogP contribution in [0.2, 0.25) is 0 Å². The minimum Gasteiger partial charge on any atom is -0.469 e. The summed E-state index contributed by atoms with van der Waals surface area (Å²) in [6, 6.07) is 12.3. The predicted octanol–water partition coefficient (Wildman–Crippen LogP) is 3.48. The second-order valence-corrected chi connectivity index (χ2v) is 5.31. The number of hydrogen-bond acceptors (Lipinski definition) is 2. The molecular formula is C18H23NO2. The first kappa shape index (κ1) is 15.4. The monoisotopic (exact) mass is 285 g/mol. The van der Waals surface area contributed by atoms with Crippen LogP contribution in [0.5, 0.6) is 0 Å². The van der Waals surface area contributed by atoms with E-state index < -0.39 is 0 Å². The Morgan fingerprint density at radius 1 is 1.10 bits per heavy atom. The van der Waals surface area contributed by atoms with E-state index in [1.807, 2.05) is 19.2 Å². The van der Waals surface area contributed by atoms with Gasteiger partial charge in [0.15, 0.2) is 0 Å². The maximum Gasteiger partial charge on any atom is 0.222 e. The van der Waals surface area contributed by atoms with Crippen LogP contribution >= 0.6 is 0 Å². The lowest BCUT2D eigenvalue weighted by molar-refractivity contribution is -0.129. The molecule has 0 bridgehead atoms. The predicted molar refractivity (Wildman–Crippen MR) is 84.2 cm³/mol. The molecular weight excluding hydrogens is 262 g/mol. The Morgan fingerprint density at radius 2 is 1.81 bits per heavy atom. The average Bonchev–Trinajstić information content (AvgIpc) is 3.04. The number of carbonyl (C=O) groups excluding carboxylic acids is 1. The van der Waals surface area contributed by atoms with Gasteiger partial charge in [-0.2, -0.15) is 0 Å². The van der Waals surface area contributed by atoms with Gasteiger partial charge in [0.05, 0.1) is 6.26 Å². The maximum absolute atomic E-state index is 12.1. The van der Waals surface area contributed by atoms with E-state index in [2.05, 4.69) is 31.2 Å². The summed E-state index contributed by atoms with van der Waals surface area (Å²) in [5.41, 5.74) is 2.56. The number of nitrogens with zero attached hydrogens (tertiary/aromatic N) is 1. The van der Waals surface area contributed by atoms with Crippen LogP contribution in [0.3, 0.4) is 0 Å². The molecule has 21 heavy (non-hydrogen) atoms. The summed E-state index contributed by atoms with van der Waals surface area (Å²) in [6.45, 7) is 2.84. The minimum atomic E-state index is 0.182. The van der Waals surface area contributed by atoms with E-state index in [9.17, 15) is 4.79 Å². The van der Waals surface area contributed by atoms with E-state index in [0.29, 0.717) is 13.0 Å². The molecule has 1 amide bonds. The molecule has 0 atom stereocenters. The number of benzene rings is 1. The third-order valence-corrected chi connectivity index (χ3v) is 3.76. The van der Waals surface area contributed by atoms with Crippen molar-refractivity contribution in [2.75, 3.05) is 13.6 Å². The molecule has 0 aliphatic heterocycles. The Hall–Kier alpha value is -2.03. The first-order valence-corrected chi connectivity index (χ1v) is 7.53. The van der Waals surface area contributed by atoms with Gasteiger partial charge in [-0.3, -0.25) is 4.79 Å². The van der Waals surface area contributed by atoms with Crippen molar-refractivity contribution in [3.63, 3.8) is 0 Å². The van der Waals surface area contributed by atoms with E-state index in [4.69, 9.17) is 4.42 Å². The molecule has 0 N–H and O–H groups in total. The molecule has 1 aromatic carbocycles. The van der Waals surface area contributed by atoms with Crippen LogP contribution in [-0.4, -0.2) is 24.4 Å². The van der Waals surface area contributed by atoms with Crippen LogP contribution < -0.4 is 0 Å². The van der Waals surface area contributed by atoms with Crippen molar-refractivity contribution >= 4 is 5.91 Å². The van der Waals surface area contributed by atoms with Crippen LogP contribution in [0.1, 0.15) is 30.2 Å². The van der Waals surface area contributed by atoms with Crippen molar-refractivity contribution in [2.45, 2.75) is 32.6 Å². The maximum atomic E-state index is 12.1. The van der Waals surface area contributed by atoms with Gasteiger partial charge >= 0.3 is 0 Å². The van der Waals surface area contributed by atoms with Crippen molar-refractivity contribution in [2.24, 2.45) is 0 Å². The minimum absolute atomic E-state index is 0.182. The summed E-state index contributed by atoms with van der Waals surface area (Å²) in [5.74, 6) is 1.10. The molecule has 0 aliphatic rings. The lowest BCUT2D eigenvalue weighted by Gasteiger charge is -2.16. The molecule has 0 spiro atoms. The quantitative estimate of drug-likeness (QED) is 0.780. The topological polar surface area (TPSA) is 33.5 Å². The van der Waals surface area contributed by atoms with Gasteiger partial charge in [-0.15, -0.1) is 0 Å². The molecule has 1 heterocycles. The zero-order valence-electron chi connectivity index (χ0n) is 12.8. The van der Waals surface area contributed by atoms with Crippen molar-refractivity contribution in [3.8, 4) is 0 Å². The molecule has 2 aromatic rings. The van der Waals surface area contributed by atoms with Gasteiger partial charge in [0.2, 0.25) is 5.91 Å². The number of carbonyl (C=O) groups is 1. The van der Waals surface area contributed by atoms with E-state index in [0.717, 1.165) is 25.0 Å². The van der Waals surface area contributed by atoms with Crippen molar-refractivity contribution in [3.05, 3.63) is 59.5 Å². The summed E-state index contributed by atoms with van der Waals surface area (Å²) >= 11 is 0. The SMILES string of the molecule is CCc1ccc(CCC(=O)N(C)CCc2ccco2)cc1. The normalized spacial score (nSPS) is 10.6.